The number of sulfonamides is 1. The third-order valence-corrected chi connectivity index (χ3v) is 4.99. The molecule has 24 heavy (non-hydrogen) atoms. The largest absolute Gasteiger partial charge is 0.495 e. The molecule has 0 unspecified atom stereocenters. The zero-order chi connectivity index (χ0) is 17.2. The first kappa shape index (κ1) is 16.4. The number of fused-ring (bicyclic) bond motifs is 1. The number of aryl methyl sites for hydroxylation is 1. The van der Waals surface area contributed by atoms with Crippen molar-refractivity contribution in [2.24, 2.45) is 0 Å². The standard InChI is InChI=1S/C17H19NO5S/c1-12-4-6-15(21-2)14(10-12)18-24(19,20)13-5-7-16-17(11-13)23-9-3-8-22-16/h4-7,10-11,18H,3,8-9H2,1-2H3. The Morgan fingerprint density at radius 1 is 1.04 bits per heavy atom. The van der Waals surface area contributed by atoms with E-state index in [9.17, 15) is 8.42 Å². The van der Waals surface area contributed by atoms with E-state index in [1.807, 2.05) is 13.0 Å². The lowest BCUT2D eigenvalue weighted by molar-refractivity contribution is 0.297. The minimum absolute atomic E-state index is 0.107. The predicted octanol–water partition coefficient (Wildman–Crippen LogP) is 2.97. The normalized spacial score (nSPS) is 13.9. The maximum atomic E-state index is 12.7. The Balaban J connectivity index is 1.94. The van der Waals surface area contributed by atoms with Crippen LogP contribution in [0.25, 0.3) is 0 Å². The molecule has 1 aliphatic rings. The second-order valence-corrected chi connectivity index (χ2v) is 7.15. The van der Waals surface area contributed by atoms with Crippen molar-refractivity contribution in [2.45, 2.75) is 18.2 Å². The molecule has 0 aliphatic carbocycles. The van der Waals surface area contributed by atoms with E-state index in [4.69, 9.17) is 14.2 Å². The molecule has 128 valence electrons. The SMILES string of the molecule is COc1ccc(C)cc1NS(=O)(=O)c1ccc2c(c1)OCCCO2. The molecule has 3 rings (SSSR count). The number of benzene rings is 2. The van der Waals surface area contributed by atoms with Crippen LogP contribution in [0.4, 0.5) is 5.69 Å². The fourth-order valence-electron chi connectivity index (χ4n) is 2.42. The van der Waals surface area contributed by atoms with Crippen LogP contribution in [0, 0.1) is 6.92 Å². The van der Waals surface area contributed by atoms with Gasteiger partial charge in [0.2, 0.25) is 0 Å². The van der Waals surface area contributed by atoms with Crippen LogP contribution in [0.5, 0.6) is 17.2 Å². The molecule has 6 nitrogen and oxygen atoms in total. The van der Waals surface area contributed by atoms with Crippen molar-refractivity contribution < 1.29 is 22.6 Å². The van der Waals surface area contributed by atoms with E-state index in [0.29, 0.717) is 36.1 Å². The summed E-state index contributed by atoms with van der Waals surface area (Å²) in [5.74, 6) is 1.45. The molecular weight excluding hydrogens is 330 g/mol. The Kier molecular flexibility index (Phi) is 4.53. The second-order valence-electron chi connectivity index (χ2n) is 5.47. The van der Waals surface area contributed by atoms with E-state index >= 15 is 0 Å². The van der Waals surface area contributed by atoms with Gasteiger partial charge < -0.3 is 14.2 Å². The molecule has 1 N–H and O–H groups in total. The fourth-order valence-corrected chi connectivity index (χ4v) is 3.49. The number of hydrogen-bond donors (Lipinski definition) is 1. The summed E-state index contributed by atoms with van der Waals surface area (Å²) in [5.41, 5.74) is 1.32. The van der Waals surface area contributed by atoms with Gasteiger partial charge in [-0.2, -0.15) is 0 Å². The van der Waals surface area contributed by atoms with Crippen LogP contribution in [0.1, 0.15) is 12.0 Å². The van der Waals surface area contributed by atoms with E-state index in [-0.39, 0.29) is 4.90 Å². The van der Waals surface area contributed by atoms with Crippen LogP contribution in [-0.2, 0) is 10.0 Å². The van der Waals surface area contributed by atoms with Crippen LogP contribution in [-0.4, -0.2) is 28.7 Å². The first-order valence-corrected chi connectivity index (χ1v) is 9.05. The van der Waals surface area contributed by atoms with Gasteiger partial charge in [0.25, 0.3) is 10.0 Å². The molecule has 7 heteroatoms. The summed E-state index contributed by atoms with van der Waals surface area (Å²) in [6, 6.07) is 9.89. The average Bonchev–Trinajstić information content (AvgIpc) is 2.79. The van der Waals surface area contributed by atoms with Crippen LogP contribution in [0.15, 0.2) is 41.3 Å². The topological polar surface area (TPSA) is 73.9 Å². The smallest absolute Gasteiger partial charge is 0.262 e. The molecule has 0 aromatic heterocycles. The Morgan fingerprint density at radius 3 is 2.54 bits per heavy atom. The molecule has 0 saturated heterocycles. The molecule has 2 aromatic carbocycles. The van der Waals surface area contributed by atoms with Gasteiger partial charge in [-0.05, 0) is 36.8 Å². The minimum atomic E-state index is -3.77. The van der Waals surface area contributed by atoms with E-state index in [1.165, 1.54) is 19.2 Å². The van der Waals surface area contributed by atoms with Crippen LogP contribution in [0.3, 0.4) is 0 Å². The summed E-state index contributed by atoms with van der Waals surface area (Å²) in [6.45, 7) is 2.93. The lowest BCUT2D eigenvalue weighted by atomic mass is 10.2. The van der Waals surface area contributed by atoms with E-state index < -0.39 is 10.0 Å². The van der Waals surface area contributed by atoms with Crippen LogP contribution in [0.2, 0.25) is 0 Å². The molecule has 0 saturated carbocycles. The number of ether oxygens (including phenoxy) is 3. The first-order valence-electron chi connectivity index (χ1n) is 7.57. The molecule has 1 aliphatic heterocycles. The Morgan fingerprint density at radius 2 is 1.79 bits per heavy atom. The zero-order valence-electron chi connectivity index (χ0n) is 13.5. The highest BCUT2D eigenvalue weighted by molar-refractivity contribution is 7.92. The van der Waals surface area contributed by atoms with Gasteiger partial charge in [-0.25, -0.2) is 8.42 Å². The van der Waals surface area contributed by atoms with Crippen LogP contribution < -0.4 is 18.9 Å². The van der Waals surface area contributed by atoms with Gasteiger partial charge in [-0.3, -0.25) is 4.72 Å². The molecular formula is C17H19NO5S. The molecule has 1 heterocycles. The van der Waals surface area contributed by atoms with E-state index in [1.54, 1.807) is 18.2 Å². The predicted molar refractivity (Wildman–Crippen MR) is 90.6 cm³/mol. The minimum Gasteiger partial charge on any atom is -0.495 e. The maximum Gasteiger partial charge on any atom is 0.262 e. The summed E-state index contributed by atoms with van der Waals surface area (Å²) in [7, 11) is -2.28. The summed E-state index contributed by atoms with van der Waals surface area (Å²) >= 11 is 0. The monoisotopic (exact) mass is 349 g/mol. The third-order valence-electron chi connectivity index (χ3n) is 3.63. The molecule has 0 fully saturated rings. The molecule has 0 bridgehead atoms. The number of methoxy groups -OCH3 is 1. The molecule has 0 spiro atoms. The van der Waals surface area contributed by atoms with Gasteiger partial charge in [0.1, 0.15) is 5.75 Å². The number of hydrogen-bond acceptors (Lipinski definition) is 5. The van der Waals surface area contributed by atoms with Crippen molar-refractivity contribution in [3.63, 3.8) is 0 Å². The van der Waals surface area contributed by atoms with Crippen molar-refractivity contribution in [1.29, 1.82) is 0 Å². The summed E-state index contributed by atoms with van der Waals surface area (Å²) < 4.78 is 44.2. The lowest BCUT2D eigenvalue weighted by Crippen LogP contribution is -2.14. The highest BCUT2D eigenvalue weighted by Gasteiger charge is 2.20. The van der Waals surface area contributed by atoms with Gasteiger partial charge in [-0.15, -0.1) is 0 Å². The van der Waals surface area contributed by atoms with Gasteiger partial charge in [0, 0.05) is 12.5 Å². The third kappa shape index (κ3) is 3.41. The number of nitrogens with one attached hydrogen (secondary N) is 1. The summed E-state index contributed by atoms with van der Waals surface area (Å²) in [6.07, 6.45) is 0.759. The van der Waals surface area contributed by atoms with E-state index in [0.717, 1.165) is 12.0 Å². The van der Waals surface area contributed by atoms with E-state index in [2.05, 4.69) is 4.72 Å². The van der Waals surface area contributed by atoms with Crippen LogP contribution >= 0.6 is 0 Å². The Bertz CT molecular complexity index is 848. The lowest BCUT2D eigenvalue weighted by Gasteiger charge is -2.14. The van der Waals surface area contributed by atoms with Gasteiger partial charge in [0.05, 0.1) is 30.9 Å². The van der Waals surface area contributed by atoms with Crippen molar-refractivity contribution in [3.8, 4) is 17.2 Å². The molecule has 0 amide bonds. The number of rotatable bonds is 4. The van der Waals surface area contributed by atoms with Crippen molar-refractivity contribution in [1.82, 2.24) is 0 Å². The fraction of sp³-hybridized carbons (Fsp3) is 0.294. The average molecular weight is 349 g/mol. The van der Waals surface area contributed by atoms with Crippen molar-refractivity contribution >= 4 is 15.7 Å². The molecule has 0 radical (unpaired) electrons. The first-order chi connectivity index (χ1) is 11.5. The zero-order valence-corrected chi connectivity index (χ0v) is 14.4. The highest BCUT2D eigenvalue weighted by Crippen LogP contribution is 2.33. The molecule has 2 aromatic rings. The van der Waals surface area contributed by atoms with Gasteiger partial charge in [-0.1, -0.05) is 6.07 Å². The highest BCUT2D eigenvalue weighted by atomic mass is 32.2. The maximum absolute atomic E-state index is 12.7. The summed E-state index contributed by atoms with van der Waals surface area (Å²) in [5, 5.41) is 0. The van der Waals surface area contributed by atoms with Crippen molar-refractivity contribution in [3.05, 3.63) is 42.0 Å². The summed E-state index contributed by atoms with van der Waals surface area (Å²) in [4.78, 5) is 0.107. The van der Waals surface area contributed by atoms with Gasteiger partial charge in [0.15, 0.2) is 11.5 Å². The Hall–Kier alpha value is -2.41. The second kappa shape index (κ2) is 6.60. The number of anilines is 1. The quantitative estimate of drug-likeness (QED) is 0.919. The Labute approximate surface area is 141 Å². The van der Waals surface area contributed by atoms with Gasteiger partial charge >= 0.3 is 0 Å². The molecule has 0 atom stereocenters. The van der Waals surface area contributed by atoms with Crippen molar-refractivity contribution in [2.75, 3.05) is 25.0 Å².